The number of nitrogens with zero attached hydrogens (tertiary/aromatic N) is 3. The van der Waals surface area contributed by atoms with Gasteiger partial charge in [-0.2, -0.15) is 0 Å². The van der Waals surface area contributed by atoms with Crippen LogP contribution in [0.2, 0.25) is 0 Å². The van der Waals surface area contributed by atoms with E-state index in [1.54, 1.807) is 11.3 Å². The predicted octanol–water partition coefficient (Wildman–Crippen LogP) is 8.51. The van der Waals surface area contributed by atoms with Crippen LogP contribution in [0.15, 0.2) is 83.9 Å². The highest BCUT2D eigenvalue weighted by Gasteiger charge is 2.59. The van der Waals surface area contributed by atoms with Crippen LogP contribution in [0, 0.1) is 0 Å². The van der Waals surface area contributed by atoms with Crippen molar-refractivity contribution in [3.63, 3.8) is 0 Å². The highest BCUT2D eigenvalue weighted by molar-refractivity contribution is 7.21. The van der Waals surface area contributed by atoms with Gasteiger partial charge in [0.1, 0.15) is 10.7 Å². The lowest BCUT2D eigenvalue weighted by Gasteiger charge is -2.46. The molecule has 1 spiro atoms. The number of anilines is 1. The third-order valence-corrected chi connectivity index (χ3v) is 9.10. The smallest absolute Gasteiger partial charge is 0.228 e. The Morgan fingerprint density at radius 1 is 0.946 bits per heavy atom. The van der Waals surface area contributed by atoms with Crippen LogP contribution in [0.5, 0.6) is 5.75 Å². The van der Waals surface area contributed by atoms with E-state index in [9.17, 15) is 0 Å². The number of ether oxygens (including phenoxy) is 1. The quantitative estimate of drug-likeness (QED) is 0.247. The fourth-order valence-corrected chi connectivity index (χ4v) is 6.96. The fraction of sp³-hybridized carbons (Fsp3) is 0.250. The Morgan fingerprint density at radius 2 is 1.73 bits per heavy atom. The molecule has 0 radical (unpaired) electrons. The van der Waals surface area contributed by atoms with Gasteiger partial charge in [-0.1, -0.05) is 67.9 Å². The second kappa shape index (κ2) is 8.15. The van der Waals surface area contributed by atoms with E-state index in [1.807, 2.05) is 6.07 Å². The molecule has 0 amide bonds. The van der Waals surface area contributed by atoms with Crippen LogP contribution < -0.4 is 9.64 Å². The lowest BCUT2D eigenvalue weighted by molar-refractivity contribution is 0.0782. The van der Waals surface area contributed by atoms with E-state index in [1.165, 1.54) is 16.0 Å². The Bertz CT molecular complexity index is 1670. The zero-order valence-electron chi connectivity index (χ0n) is 21.4. The second-order valence-corrected chi connectivity index (χ2v) is 11.5. The molecule has 0 saturated carbocycles. The number of unbranched alkanes of at least 4 members (excludes halogenated alkanes) is 1. The highest BCUT2D eigenvalue weighted by atomic mass is 32.1. The summed E-state index contributed by atoms with van der Waals surface area (Å²) < 4.78 is 8.49. The van der Waals surface area contributed by atoms with E-state index in [0.717, 1.165) is 57.7 Å². The molecule has 2 aliphatic heterocycles. The van der Waals surface area contributed by atoms with Crippen molar-refractivity contribution in [2.75, 3.05) is 11.4 Å². The Kier molecular flexibility index (Phi) is 4.96. The molecule has 0 fully saturated rings. The van der Waals surface area contributed by atoms with Crippen LogP contribution in [0.1, 0.15) is 39.2 Å². The summed E-state index contributed by atoms with van der Waals surface area (Å²) in [5.41, 5.74) is 4.40. The van der Waals surface area contributed by atoms with E-state index in [0.29, 0.717) is 0 Å². The third-order valence-electron chi connectivity index (χ3n) is 8.03. The summed E-state index contributed by atoms with van der Waals surface area (Å²) in [5.74, 6) is 0.822. The molecule has 4 aromatic carbocycles. The van der Waals surface area contributed by atoms with E-state index in [-0.39, 0.29) is 5.41 Å². The van der Waals surface area contributed by atoms with Crippen molar-refractivity contribution in [1.82, 2.24) is 4.98 Å². The summed E-state index contributed by atoms with van der Waals surface area (Å²) in [6, 6.07) is 27.7. The van der Waals surface area contributed by atoms with Crippen molar-refractivity contribution >= 4 is 49.9 Å². The number of hydrogen-bond donors (Lipinski definition) is 0. The molecule has 1 unspecified atom stereocenters. The molecular weight excluding hydrogens is 474 g/mol. The minimum absolute atomic E-state index is 0.310. The maximum atomic E-state index is 7.32. The van der Waals surface area contributed by atoms with Gasteiger partial charge >= 0.3 is 0 Å². The van der Waals surface area contributed by atoms with Crippen molar-refractivity contribution in [2.24, 2.45) is 4.99 Å². The van der Waals surface area contributed by atoms with Gasteiger partial charge in [-0.25, -0.2) is 4.98 Å². The number of benzene rings is 4. The summed E-state index contributed by atoms with van der Waals surface area (Å²) in [7, 11) is 0. The van der Waals surface area contributed by atoms with Crippen molar-refractivity contribution < 1.29 is 4.74 Å². The van der Waals surface area contributed by atoms with Crippen LogP contribution in [0.3, 0.4) is 0 Å². The maximum absolute atomic E-state index is 7.32. The first kappa shape index (κ1) is 22.5. The monoisotopic (exact) mass is 503 g/mol. The van der Waals surface area contributed by atoms with Gasteiger partial charge in [0, 0.05) is 17.6 Å². The predicted molar refractivity (Wildman–Crippen MR) is 156 cm³/mol. The van der Waals surface area contributed by atoms with Crippen molar-refractivity contribution in [1.29, 1.82) is 0 Å². The number of aliphatic imine (C=N–C) groups is 1. The largest absolute Gasteiger partial charge is 0.459 e. The molecule has 37 heavy (non-hydrogen) atoms. The zero-order valence-corrected chi connectivity index (χ0v) is 22.2. The van der Waals surface area contributed by atoms with Crippen molar-refractivity contribution in [2.45, 2.75) is 44.8 Å². The van der Waals surface area contributed by atoms with Crippen molar-refractivity contribution in [3.8, 4) is 16.3 Å². The number of hydrogen-bond acceptors (Lipinski definition) is 5. The number of para-hydroxylation sites is 2. The first-order valence-electron chi connectivity index (χ1n) is 13.1. The minimum atomic E-state index is -0.729. The first-order chi connectivity index (χ1) is 18.0. The molecule has 5 aromatic rings. The number of aromatic nitrogens is 1. The molecule has 7 rings (SSSR count). The molecule has 1 atom stereocenters. The summed E-state index contributed by atoms with van der Waals surface area (Å²) >= 11 is 1.71. The molecule has 184 valence electrons. The standard InChI is InChI=1S/C32H29N3OS/c1-4-5-18-35-26-16-10-8-14-24(26)31(2,3)32(35)20-33-28-22-13-7-6-12-21(22)19-23(29(28)36-32)30-34-25-15-9-11-17-27(25)37-30/h6-17,19-20H,4-5,18H2,1-3H3. The van der Waals surface area contributed by atoms with E-state index < -0.39 is 5.72 Å². The Labute approximate surface area is 221 Å². The zero-order chi connectivity index (χ0) is 25.2. The molecule has 1 aromatic heterocycles. The molecule has 0 bridgehead atoms. The number of thiazole rings is 1. The lowest BCUT2D eigenvalue weighted by Crippen LogP contribution is -2.62. The summed E-state index contributed by atoms with van der Waals surface area (Å²) in [4.78, 5) is 12.7. The van der Waals surface area contributed by atoms with Crippen LogP contribution in [0.4, 0.5) is 11.4 Å². The van der Waals surface area contributed by atoms with Crippen LogP contribution in [-0.2, 0) is 5.41 Å². The third kappa shape index (κ3) is 3.13. The topological polar surface area (TPSA) is 37.7 Å². The molecular formula is C32H29N3OS. The molecule has 0 N–H and O–H groups in total. The lowest BCUT2D eigenvalue weighted by atomic mass is 9.77. The molecule has 5 heteroatoms. The van der Waals surface area contributed by atoms with Crippen LogP contribution >= 0.6 is 11.3 Å². The van der Waals surface area contributed by atoms with Gasteiger partial charge in [-0.3, -0.25) is 4.99 Å². The fourth-order valence-electron chi connectivity index (χ4n) is 5.98. The highest BCUT2D eigenvalue weighted by Crippen LogP contribution is 2.57. The van der Waals surface area contributed by atoms with Gasteiger partial charge in [0.25, 0.3) is 0 Å². The Morgan fingerprint density at radius 3 is 2.59 bits per heavy atom. The maximum Gasteiger partial charge on any atom is 0.228 e. The molecule has 3 heterocycles. The van der Waals surface area contributed by atoms with Gasteiger partial charge in [0.15, 0.2) is 5.75 Å². The average Bonchev–Trinajstić information content (AvgIpc) is 3.43. The molecule has 2 aliphatic rings. The van der Waals surface area contributed by atoms with E-state index in [2.05, 4.69) is 105 Å². The van der Waals surface area contributed by atoms with Gasteiger partial charge < -0.3 is 9.64 Å². The minimum Gasteiger partial charge on any atom is -0.459 e. The SMILES string of the molecule is CCCCN1c2ccccc2C(C)(C)C12C=Nc1c(c(-c3nc4ccccc4s3)cc3ccccc13)O2. The Hall–Kier alpha value is -3.70. The summed E-state index contributed by atoms with van der Waals surface area (Å²) in [6.45, 7) is 7.71. The average molecular weight is 504 g/mol. The molecule has 0 saturated heterocycles. The second-order valence-electron chi connectivity index (χ2n) is 10.5. The van der Waals surface area contributed by atoms with Gasteiger partial charge in [0.2, 0.25) is 5.72 Å². The van der Waals surface area contributed by atoms with Gasteiger partial charge in [-0.05, 0) is 55.5 Å². The van der Waals surface area contributed by atoms with Gasteiger partial charge in [-0.15, -0.1) is 11.3 Å². The normalized spacial score (nSPS) is 19.4. The number of fused-ring (bicyclic) bond motifs is 5. The summed E-state index contributed by atoms with van der Waals surface area (Å²) in [6.07, 6.45) is 4.27. The van der Waals surface area contributed by atoms with Crippen LogP contribution in [0.25, 0.3) is 31.6 Å². The van der Waals surface area contributed by atoms with E-state index in [4.69, 9.17) is 14.7 Å². The van der Waals surface area contributed by atoms with E-state index >= 15 is 0 Å². The van der Waals surface area contributed by atoms with Crippen LogP contribution in [-0.4, -0.2) is 23.5 Å². The van der Waals surface area contributed by atoms with Gasteiger partial charge in [0.05, 0.1) is 27.4 Å². The Balaban J connectivity index is 1.48. The summed E-state index contributed by atoms with van der Waals surface area (Å²) in [5, 5.41) is 3.20. The van der Waals surface area contributed by atoms with Crippen molar-refractivity contribution in [3.05, 3.63) is 84.4 Å². The number of rotatable bonds is 4. The molecule has 4 nitrogen and oxygen atoms in total. The molecule has 0 aliphatic carbocycles. The first-order valence-corrected chi connectivity index (χ1v) is 13.9.